The summed E-state index contributed by atoms with van der Waals surface area (Å²) in [5.74, 6) is 0. The zero-order chi connectivity index (χ0) is 13.2. The van der Waals surface area contributed by atoms with E-state index in [1.54, 1.807) is 6.92 Å². The summed E-state index contributed by atoms with van der Waals surface area (Å²) in [5.41, 5.74) is 6.30. The highest BCUT2D eigenvalue weighted by atomic mass is 32.2. The maximum atomic E-state index is 12.4. The van der Waals surface area contributed by atoms with Crippen molar-refractivity contribution in [3.63, 3.8) is 0 Å². The molecule has 1 aromatic rings. The van der Waals surface area contributed by atoms with Gasteiger partial charge >= 0.3 is 0 Å². The van der Waals surface area contributed by atoms with E-state index in [9.17, 15) is 8.42 Å². The van der Waals surface area contributed by atoms with E-state index in [0.717, 1.165) is 12.8 Å². The predicted octanol–water partition coefficient (Wildman–Crippen LogP) is 0.291. The first-order valence-electron chi connectivity index (χ1n) is 6.02. The van der Waals surface area contributed by atoms with Crippen LogP contribution in [0, 0.1) is 0 Å². The van der Waals surface area contributed by atoms with Crippen molar-refractivity contribution in [2.75, 3.05) is 13.1 Å². The Labute approximate surface area is 107 Å². The molecule has 0 saturated carbocycles. The molecule has 100 valence electrons. The highest BCUT2D eigenvalue weighted by molar-refractivity contribution is 7.89. The fourth-order valence-electron chi connectivity index (χ4n) is 2.10. The van der Waals surface area contributed by atoms with Gasteiger partial charge in [0.1, 0.15) is 5.25 Å². The van der Waals surface area contributed by atoms with E-state index in [1.165, 1.54) is 22.9 Å². The number of nitrogens with two attached hydrogens (primary N) is 1. The SMILES string of the molecule is C[C@@H](c1cnccn1)S(=O)(=O)N1CCC[C@@H](N)C1. The largest absolute Gasteiger partial charge is 0.327 e. The molecular formula is C11H18N4O2S. The molecule has 1 aliphatic heterocycles. The Bertz CT molecular complexity index is 491. The lowest BCUT2D eigenvalue weighted by molar-refractivity contribution is 0.313. The van der Waals surface area contributed by atoms with Crippen molar-refractivity contribution < 1.29 is 8.42 Å². The number of hydrogen-bond donors (Lipinski definition) is 1. The molecule has 0 radical (unpaired) electrons. The van der Waals surface area contributed by atoms with Gasteiger partial charge in [0.15, 0.2) is 0 Å². The molecule has 1 aromatic heterocycles. The second-order valence-corrected chi connectivity index (χ2v) is 6.83. The van der Waals surface area contributed by atoms with Gasteiger partial charge in [-0.05, 0) is 19.8 Å². The fraction of sp³-hybridized carbons (Fsp3) is 0.636. The molecular weight excluding hydrogens is 252 g/mol. The van der Waals surface area contributed by atoms with Crippen LogP contribution in [-0.4, -0.2) is 41.8 Å². The van der Waals surface area contributed by atoms with Crippen LogP contribution in [-0.2, 0) is 10.0 Å². The summed E-state index contributed by atoms with van der Waals surface area (Å²) in [6.07, 6.45) is 6.22. The van der Waals surface area contributed by atoms with Gasteiger partial charge in [-0.3, -0.25) is 9.97 Å². The number of nitrogens with zero attached hydrogens (tertiary/aromatic N) is 3. The number of rotatable bonds is 3. The van der Waals surface area contributed by atoms with Crippen LogP contribution in [0.15, 0.2) is 18.6 Å². The van der Waals surface area contributed by atoms with Gasteiger partial charge in [-0.15, -0.1) is 0 Å². The number of sulfonamides is 1. The van der Waals surface area contributed by atoms with E-state index in [0.29, 0.717) is 18.8 Å². The summed E-state index contributed by atoms with van der Waals surface area (Å²) in [4.78, 5) is 7.97. The standard InChI is InChI=1S/C11H18N4O2S/c1-9(11-7-13-4-5-14-11)18(16,17)15-6-2-3-10(12)8-15/h4-5,7,9-10H,2-3,6,8,12H2,1H3/t9-,10+/m0/s1. The van der Waals surface area contributed by atoms with Crippen molar-refractivity contribution in [1.29, 1.82) is 0 Å². The molecule has 18 heavy (non-hydrogen) atoms. The predicted molar refractivity (Wildman–Crippen MR) is 68.1 cm³/mol. The normalized spacial score (nSPS) is 23.8. The number of piperidine rings is 1. The van der Waals surface area contributed by atoms with Gasteiger partial charge < -0.3 is 5.73 Å². The summed E-state index contributed by atoms with van der Waals surface area (Å²) >= 11 is 0. The Morgan fingerprint density at radius 3 is 2.89 bits per heavy atom. The smallest absolute Gasteiger partial charge is 0.222 e. The lowest BCUT2D eigenvalue weighted by Crippen LogP contribution is -2.46. The van der Waals surface area contributed by atoms with Gasteiger partial charge in [-0.25, -0.2) is 8.42 Å². The van der Waals surface area contributed by atoms with Gasteiger partial charge in [0.05, 0.1) is 5.69 Å². The summed E-state index contributed by atoms with van der Waals surface area (Å²) in [6.45, 7) is 2.58. The molecule has 1 saturated heterocycles. The molecule has 2 N–H and O–H groups in total. The summed E-state index contributed by atoms with van der Waals surface area (Å²) in [7, 11) is -3.40. The van der Waals surface area contributed by atoms with Crippen LogP contribution < -0.4 is 5.73 Å². The van der Waals surface area contributed by atoms with Crippen molar-refractivity contribution >= 4 is 10.0 Å². The Kier molecular flexibility index (Phi) is 3.94. The Morgan fingerprint density at radius 1 is 1.50 bits per heavy atom. The summed E-state index contributed by atoms with van der Waals surface area (Å²) in [6, 6.07) is -0.0671. The first-order valence-corrected chi connectivity index (χ1v) is 7.52. The lowest BCUT2D eigenvalue weighted by atomic mass is 10.1. The highest BCUT2D eigenvalue weighted by Crippen LogP contribution is 2.25. The van der Waals surface area contributed by atoms with Crippen molar-refractivity contribution in [2.45, 2.75) is 31.1 Å². The van der Waals surface area contributed by atoms with Gasteiger partial charge in [-0.1, -0.05) is 0 Å². The van der Waals surface area contributed by atoms with Crippen LogP contribution in [0.4, 0.5) is 0 Å². The molecule has 2 rings (SSSR count). The average Bonchev–Trinajstić information content (AvgIpc) is 2.39. The Hall–Kier alpha value is -1.05. The van der Waals surface area contributed by atoms with E-state index in [4.69, 9.17) is 5.73 Å². The van der Waals surface area contributed by atoms with Gasteiger partial charge in [0.25, 0.3) is 0 Å². The minimum absolute atomic E-state index is 0.0671. The molecule has 1 fully saturated rings. The van der Waals surface area contributed by atoms with Crippen molar-refractivity contribution in [1.82, 2.24) is 14.3 Å². The van der Waals surface area contributed by atoms with E-state index < -0.39 is 15.3 Å². The van der Waals surface area contributed by atoms with E-state index in [2.05, 4.69) is 9.97 Å². The third kappa shape index (κ3) is 2.68. The molecule has 1 aliphatic rings. The lowest BCUT2D eigenvalue weighted by Gasteiger charge is -2.31. The van der Waals surface area contributed by atoms with Crippen LogP contribution in [0.25, 0.3) is 0 Å². The maximum Gasteiger partial charge on any atom is 0.222 e. The van der Waals surface area contributed by atoms with Crippen molar-refractivity contribution in [2.24, 2.45) is 5.73 Å². The quantitative estimate of drug-likeness (QED) is 0.852. The Morgan fingerprint density at radius 2 is 2.28 bits per heavy atom. The second kappa shape index (κ2) is 5.29. The van der Waals surface area contributed by atoms with E-state index in [1.807, 2.05) is 0 Å². The van der Waals surface area contributed by atoms with Gasteiger partial charge in [0.2, 0.25) is 10.0 Å². The van der Waals surface area contributed by atoms with E-state index in [-0.39, 0.29) is 6.04 Å². The van der Waals surface area contributed by atoms with Crippen LogP contribution in [0.1, 0.15) is 30.7 Å². The number of aromatic nitrogens is 2. The number of hydrogen-bond acceptors (Lipinski definition) is 5. The molecule has 0 aromatic carbocycles. The van der Waals surface area contributed by atoms with Gasteiger partial charge in [0, 0.05) is 37.7 Å². The molecule has 0 spiro atoms. The van der Waals surface area contributed by atoms with Crippen LogP contribution in [0.3, 0.4) is 0 Å². The fourth-order valence-corrected chi connectivity index (χ4v) is 3.76. The van der Waals surface area contributed by atoms with Gasteiger partial charge in [-0.2, -0.15) is 4.31 Å². The monoisotopic (exact) mass is 270 g/mol. The average molecular weight is 270 g/mol. The minimum atomic E-state index is -3.40. The molecule has 2 atom stereocenters. The van der Waals surface area contributed by atoms with E-state index >= 15 is 0 Å². The van der Waals surface area contributed by atoms with Crippen molar-refractivity contribution in [3.8, 4) is 0 Å². The van der Waals surface area contributed by atoms with Crippen LogP contribution >= 0.6 is 0 Å². The third-order valence-corrected chi connectivity index (χ3v) is 5.41. The molecule has 0 bridgehead atoms. The molecule has 7 heteroatoms. The third-order valence-electron chi connectivity index (χ3n) is 3.23. The molecule has 0 amide bonds. The summed E-state index contributed by atoms with van der Waals surface area (Å²) < 4.78 is 26.3. The first kappa shape index (κ1) is 13.4. The first-order chi connectivity index (χ1) is 8.51. The molecule has 2 heterocycles. The van der Waals surface area contributed by atoms with Crippen LogP contribution in [0.5, 0.6) is 0 Å². The Balaban J connectivity index is 2.20. The molecule has 6 nitrogen and oxygen atoms in total. The molecule has 0 aliphatic carbocycles. The topological polar surface area (TPSA) is 89.2 Å². The second-order valence-electron chi connectivity index (χ2n) is 4.58. The highest BCUT2D eigenvalue weighted by Gasteiger charge is 2.33. The minimum Gasteiger partial charge on any atom is -0.327 e. The zero-order valence-electron chi connectivity index (χ0n) is 10.4. The summed E-state index contributed by atoms with van der Waals surface area (Å²) in [5, 5.41) is -0.684. The van der Waals surface area contributed by atoms with Crippen LogP contribution in [0.2, 0.25) is 0 Å². The van der Waals surface area contributed by atoms with Crippen molar-refractivity contribution in [3.05, 3.63) is 24.3 Å². The zero-order valence-corrected chi connectivity index (χ0v) is 11.2. The maximum absolute atomic E-state index is 12.4. The molecule has 0 unspecified atom stereocenters.